The second-order valence-electron chi connectivity index (χ2n) is 5.08. The molecule has 21 heavy (non-hydrogen) atoms. The summed E-state index contributed by atoms with van der Waals surface area (Å²) in [6.45, 7) is 4.01. The molecule has 0 spiro atoms. The minimum absolute atomic E-state index is 0.0414. The molecule has 2 aromatic rings. The lowest BCUT2D eigenvalue weighted by atomic mass is 10.1. The van der Waals surface area contributed by atoms with E-state index in [0.29, 0.717) is 5.75 Å². The highest BCUT2D eigenvalue weighted by Gasteiger charge is 2.11. The van der Waals surface area contributed by atoms with Gasteiger partial charge in [0.2, 0.25) is 0 Å². The van der Waals surface area contributed by atoms with Crippen molar-refractivity contribution in [2.45, 2.75) is 30.9 Å². The third kappa shape index (κ3) is 4.02. The number of rotatable bonds is 5. The Hall–Kier alpha value is -1.94. The Balaban J connectivity index is 2.23. The van der Waals surface area contributed by atoms with Crippen LogP contribution in [0.2, 0.25) is 0 Å². The molecule has 2 rings (SSSR count). The number of carboxylic acids is 1. The molecule has 0 aromatic heterocycles. The second kappa shape index (κ2) is 6.68. The summed E-state index contributed by atoms with van der Waals surface area (Å²) in [5.74, 6) is -0.536. The number of carbonyl (C=O) groups is 1. The van der Waals surface area contributed by atoms with Crippen LogP contribution in [0.3, 0.4) is 0 Å². The number of aryl methyl sites for hydroxylation is 2. The van der Waals surface area contributed by atoms with Crippen LogP contribution in [0.15, 0.2) is 47.4 Å². The molecular formula is C17H18O3S. The molecule has 3 nitrogen and oxygen atoms in total. The zero-order valence-electron chi connectivity index (χ0n) is 12.1. The number of aliphatic carboxylic acids is 1. The fraction of sp³-hybridized carbons (Fsp3) is 0.235. The lowest BCUT2D eigenvalue weighted by Crippen LogP contribution is -2.06. The second-order valence-corrected chi connectivity index (χ2v) is 6.53. The monoisotopic (exact) mass is 302 g/mol. The molecule has 0 bridgehead atoms. The standard InChI is InChI=1S/C17H18O3S/c1-12-7-8-16(9-13(12)2)21(20)11-15-6-4-3-5-14(15)10-17(18)19/h3-9H,10-11H2,1-2H3,(H,18,19). The van der Waals surface area contributed by atoms with Gasteiger partial charge in [0, 0.05) is 4.90 Å². The van der Waals surface area contributed by atoms with E-state index in [4.69, 9.17) is 5.11 Å². The summed E-state index contributed by atoms with van der Waals surface area (Å²) in [5.41, 5.74) is 3.83. The van der Waals surface area contributed by atoms with E-state index in [1.807, 2.05) is 44.2 Å². The average Bonchev–Trinajstić information content (AvgIpc) is 2.43. The molecule has 4 heteroatoms. The molecule has 0 fully saturated rings. The van der Waals surface area contributed by atoms with Crippen LogP contribution < -0.4 is 0 Å². The van der Waals surface area contributed by atoms with Gasteiger partial charge in [-0.3, -0.25) is 9.00 Å². The Bertz CT molecular complexity index is 692. The number of hydrogen-bond donors (Lipinski definition) is 1. The maximum absolute atomic E-state index is 12.5. The van der Waals surface area contributed by atoms with E-state index in [9.17, 15) is 9.00 Å². The van der Waals surface area contributed by atoms with Crippen molar-refractivity contribution in [2.75, 3.05) is 0 Å². The van der Waals surface area contributed by atoms with Crippen LogP contribution >= 0.6 is 0 Å². The summed E-state index contributed by atoms with van der Waals surface area (Å²) < 4.78 is 12.5. The maximum Gasteiger partial charge on any atom is 0.307 e. The molecule has 0 saturated carbocycles. The van der Waals surface area contributed by atoms with E-state index in [2.05, 4.69) is 0 Å². The fourth-order valence-corrected chi connectivity index (χ4v) is 3.37. The SMILES string of the molecule is Cc1ccc(S(=O)Cc2ccccc2CC(=O)O)cc1C. The van der Waals surface area contributed by atoms with E-state index >= 15 is 0 Å². The van der Waals surface area contributed by atoms with Gasteiger partial charge in [-0.15, -0.1) is 0 Å². The maximum atomic E-state index is 12.5. The van der Waals surface area contributed by atoms with Gasteiger partial charge < -0.3 is 5.11 Å². The third-order valence-corrected chi connectivity index (χ3v) is 4.84. The zero-order chi connectivity index (χ0) is 15.4. The highest BCUT2D eigenvalue weighted by molar-refractivity contribution is 7.84. The number of benzene rings is 2. The highest BCUT2D eigenvalue weighted by atomic mass is 32.2. The molecule has 1 unspecified atom stereocenters. The Morgan fingerprint density at radius 1 is 1.05 bits per heavy atom. The molecule has 1 N–H and O–H groups in total. The highest BCUT2D eigenvalue weighted by Crippen LogP contribution is 2.19. The molecule has 0 aliphatic heterocycles. The summed E-state index contributed by atoms with van der Waals surface area (Å²) in [6, 6.07) is 13.0. The predicted octanol–water partition coefficient (Wildman–Crippen LogP) is 3.24. The summed E-state index contributed by atoms with van der Waals surface area (Å²) in [5, 5.41) is 8.93. The molecule has 1 atom stereocenters. The minimum Gasteiger partial charge on any atom is -0.481 e. The average molecular weight is 302 g/mol. The first-order chi connectivity index (χ1) is 9.97. The first-order valence-corrected chi connectivity index (χ1v) is 8.03. The van der Waals surface area contributed by atoms with Gasteiger partial charge in [0.1, 0.15) is 0 Å². The fourth-order valence-electron chi connectivity index (χ4n) is 2.11. The summed E-state index contributed by atoms with van der Waals surface area (Å²) >= 11 is 0. The van der Waals surface area contributed by atoms with Crippen LogP contribution in [0.4, 0.5) is 0 Å². The van der Waals surface area contributed by atoms with Crippen LogP contribution in [0.1, 0.15) is 22.3 Å². The predicted molar refractivity (Wildman–Crippen MR) is 83.8 cm³/mol. The molecule has 0 heterocycles. The molecule has 0 saturated heterocycles. The molecule has 0 amide bonds. The smallest absolute Gasteiger partial charge is 0.307 e. The quantitative estimate of drug-likeness (QED) is 0.922. The summed E-state index contributed by atoms with van der Waals surface area (Å²) in [6.07, 6.45) is -0.0414. The van der Waals surface area contributed by atoms with Crippen molar-refractivity contribution in [1.29, 1.82) is 0 Å². The van der Waals surface area contributed by atoms with Crippen LogP contribution in [-0.4, -0.2) is 15.3 Å². The first kappa shape index (κ1) is 15.4. The first-order valence-electron chi connectivity index (χ1n) is 6.71. The Kier molecular flexibility index (Phi) is 4.91. The topological polar surface area (TPSA) is 54.4 Å². The van der Waals surface area contributed by atoms with E-state index in [-0.39, 0.29) is 6.42 Å². The van der Waals surface area contributed by atoms with Crippen molar-refractivity contribution in [3.63, 3.8) is 0 Å². The van der Waals surface area contributed by atoms with Crippen molar-refractivity contribution in [3.05, 3.63) is 64.7 Å². The van der Waals surface area contributed by atoms with Crippen LogP contribution in [-0.2, 0) is 27.8 Å². The number of hydrogen-bond acceptors (Lipinski definition) is 2. The van der Waals surface area contributed by atoms with Crippen molar-refractivity contribution in [3.8, 4) is 0 Å². The lowest BCUT2D eigenvalue weighted by Gasteiger charge is -2.09. The van der Waals surface area contributed by atoms with E-state index < -0.39 is 16.8 Å². The van der Waals surface area contributed by atoms with Crippen LogP contribution in [0, 0.1) is 13.8 Å². The lowest BCUT2D eigenvalue weighted by molar-refractivity contribution is -0.136. The Morgan fingerprint density at radius 2 is 1.71 bits per heavy atom. The summed E-state index contributed by atoms with van der Waals surface area (Å²) in [7, 11) is -1.17. The third-order valence-electron chi connectivity index (χ3n) is 3.49. The van der Waals surface area contributed by atoms with Gasteiger partial charge in [0.15, 0.2) is 0 Å². The molecular weight excluding hydrogens is 284 g/mol. The van der Waals surface area contributed by atoms with Gasteiger partial charge >= 0.3 is 5.97 Å². The largest absolute Gasteiger partial charge is 0.481 e. The van der Waals surface area contributed by atoms with E-state index in [1.165, 1.54) is 5.56 Å². The molecule has 0 radical (unpaired) electrons. The molecule has 0 aliphatic carbocycles. The van der Waals surface area contributed by atoms with E-state index in [0.717, 1.165) is 21.6 Å². The normalized spacial score (nSPS) is 12.1. The molecule has 0 aliphatic rings. The zero-order valence-corrected chi connectivity index (χ0v) is 12.9. The van der Waals surface area contributed by atoms with Gasteiger partial charge in [-0.05, 0) is 48.2 Å². The van der Waals surface area contributed by atoms with Crippen molar-refractivity contribution >= 4 is 16.8 Å². The van der Waals surface area contributed by atoms with Gasteiger partial charge in [-0.1, -0.05) is 30.3 Å². The molecule has 2 aromatic carbocycles. The van der Waals surface area contributed by atoms with Crippen molar-refractivity contribution in [1.82, 2.24) is 0 Å². The van der Waals surface area contributed by atoms with Crippen molar-refractivity contribution < 1.29 is 14.1 Å². The minimum atomic E-state index is -1.17. The van der Waals surface area contributed by atoms with Gasteiger partial charge in [0.25, 0.3) is 0 Å². The van der Waals surface area contributed by atoms with Crippen LogP contribution in [0.25, 0.3) is 0 Å². The van der Waals surface area contributed by atoms with Gasteiger partial charge in [0.05, 0.1) is 23.0 Å². The van der Waals surface area contributed by atoms with Gasteiger partial charge in [-0.25, -0.2) is 0 Å². The van der Waals surface area contributed by atoms with Crippen molar-refractivity contribution in [2.24, 2.45) is 0 Å². The number of carboxylic acid groups (broad SMARTS) is 1. The summed E-state index contributed by atoms with van der Waals surface area (Å²) in [4.78, 5) is 11.7. The van der Waals surface area contributed by atoms with Crippen LogP contribution in [0.5, 0.6) is 0 Å². The Morgan fingerprint density at radius 3 is 2.33 bits per heavy atom. The van der Waals surface area contributed by atoms with Gasteiger partial charge in [-0.2, -0.15) is 0 Å². The Labute approximate surface area is 127 Å². The molecule has 110 valence electrons. The van der Waals surface area contributed by atoms with E-state index in [1.54, 1.807) is 12.1 Å².